The number of hydrogen-bond donors (Lipinski definition) is 1. The van der Waals surface area contributed by atoms with E-state index in [4.69, 9.17) is 10.00 Å². The number of hydrogen-bond acceptors (Lipinski definition) is 3. The van der Waals surface area contributed by atoms with Gasteiger partial charge in [-0.1, -0.05) is 26.0 Å². The highest BCUT2D eigenvalue weighted by atomic mass is 16.5. The standard InChI is InChI=1S/C17H26N2O/c1-14(2)11-19-12-15-6-5-7-16(10-15)20-9-8-17(3,4)13-18/h5-7,10,14,19H,8-9,11-12H2,1-4H3. The number of rotatable bonds is 8. The topological polar surface area (TPSA) is 45.0 Å². The molecule has 0 fully saturated rings. The summed E-state index contributed by atoms with van der Waals surface area (Å²) in [6.45, 7) is 10.7. The van der Waals surface area contributed by atoms with Crippen LogP contribution >= 0.6 is 0 Å². The Morgan fingerprint density at radius 1 is 1.35 bits per heavy atom. The summed E-state index contributed by atoms with van der Waals surface area (Å²) < 4.78 is 5.73. The lowest BCUT2D eigenvalue weighted by Crippen LogP contribution is -2.19. The first-order valence-corrected chi connectivity index (χ1v) is 7.26. The third-order valence-electron chi connectivity index (χ3n) is 3.08. The number of ether oxygens (including phenoxy) is 1. The van der Waals surface area contributed by atoms with E-state index in [2.05, 4.69) is 37.4 Å². The number of nitriles is 1. The molecule has 20 heavy (non-hydrogen) atoms. The SMILES string of the molecule is CC(C)CNCc1cccc(OCCC(C)(C)C#N)c1. The van der Waals surface area contributed by atoms with Gasteiger partial charge in [-0.2, -0.15) is 5.26 Å². The van der Waals surface area contributed by atoms with Crippen molar-refractivity contribution >= 4 is 0 Å². The van der Waals surface area contributed by atoms with E-state index in [1.165, 1.54) is 5.56 Å². The van der Waals surface area contributed by atoms with Crippen LogP contribution in [0.25, 0.3) is 0 Å². The Kier molecular flexibility index (Phi) is 6.54. The van der Waals surface area contributed by atoms with Crippen molar-refractivity contribution in [2.45, 2.75) is 40.7 Å². The van der Waals surface area contributed by atoms with Crippen molar-refractivity contribution in [1.29, 1.82) is 5.26 Å². The molecule has 3 heteroatoms. The fourth-order valence-electron chi connectivity index (χ4n) is 1.73. The van der Waals surface area contributed by atoms with Gasteiger partial charge in [0.1, 0.15) is 5.75 Å². The molecule has 1 rings (SSSR count). The van der Waals surface area contributed by atoms with Gasteiger partial charge in [0.2, 0.25) is 0 Å². The van der Waals surface area contributed by atoms with Gasteiger partial charge in [0.25, 0.3) is 0 Å². The molecule has 1 aromatic carbocycles. The van der Waals surface area contributed by atoms with Crippen LogP contribution in [-0.2, 0) is 6.54 Å². The van der Waals surface area contributed by atoms with E-state index in [0.29, 0.717) is 12.5 Å². The minimum Gasteiger partial charge on any atom is -0.494 e. The van der Waals surface area contributed by atoms with Gasteiger partial charge in [0, 0.05) is 6.54 Å². The van der Waals surface area contributed by atoms with Crippen molar-refractivity contribution < 1.29 is 4.74 Å². The first-order chi connectivity index (χ1) is 9.43. The summed E-state index contributed by atoms with van der Waals surface area (Å²) in [4.78, 5) is 0. The van der Waals surface area contributed by atoms with E-state index in [0.717, 1.165) is 25.3 Å². The molecule has 3 nitrogen and oxygen atoms in total. The van der Waals surface area contributed by atoms with Crippen molar-refractivity contribution in [3.63, 3.8) is 0 Å². The summed E-state index contributed by atoms with van der Waals surface area (Å²) in [6, 6.07) is 10.4. The van der Waals surface area contributed by atoms with Crippen molar-refractivity contribution in [3.8, 4) is 11.8 Å². The maximum Gasteiger partial charge on any atom is 0.119 e. The molecule has 0 heterocycles. The zero-order valence-corrected chi connectivity index (χ0v) is 13.1. The Bertz CT molecular complexity index is 447. The van der Waals surface area contributed by atoms with E-state index in [9.17, 15) is 0 Å². The van der Waals surface area contributed by atoms with Gasteiger partial charge in [-0.25, -0.2) is 0 Å². The summed E-state index contributed by atoms with van der Waals surface area (Å²) >= 11 is 0. The van der Waals surface area contributed by atoms with E-state index >= 15 is 0 Å². The Hall–Kier alpha value is -1.53. The molecule has 0 radical (unpaired) electrons. The Morgan fingerprint density at radius 2 is 2.10 bits per heavy atom. The molecule has 0 unspecified atom stereocenters. The van der Waals surface area contributed by atoms with Crippen LogP contribution in [0.3, 0.4) is 0 Å². The minimum atomic E-state index is -0.323. The molecule has 0 bridgehead atoms. The molecule has 0 amide bonds. The quantitative estimate of drug-likeness (QED) is 0.785. The summed E-state index contributed by atoms with van der Waals surface area (Å²) in [5.41, 5.74) is 0.902. The van der Waals surface area contributed by atoms with Gasteiger partial charge in [-0.15, -0.1) is 0 Å². The van der Waals surface area contributed by atoms with Crippen LogP contribution in [0, 0.1) is 22.7 Å². The normalized spacial score (nSPS) is 11.4. The average Bonchev–Trinajstić information content (AvgIpc) is 2.39. The molecule has 0 aliphatic heterocycles. The molecular weight excluding hydrogens is 248 g/mol. The van der Waals surface area contributed by atoms with Gasteiger partial charge in [0.15, 0.2) is 0 Å². The lowest BCUT2D eigenvalue weighted by molar-refractivity contribution is 0.264. The van der Waals surface area contributed by atoms with Crippen LogP contribution in [0.5, 0.6) is 5.75 Å². The first-order valence-electron chi connectivity index (χ1n) is 7.26. The van der Waals surface area contributed by atoms with E-state index in [1.807, 2.05) is 26.0 Å². The van der Waals surface area contributed by atoms with E-state index in [-0.39, 0.29) is 5.41 Å². The highest BCUT2D eigenvalue weighted by Crippen LogP contribution is 2.20. The lowest BCUT2D eigenvalue weighted by atomic mass is 9.92. The van der Waals surface area contributed by atoms with E-state index < -0.39 is 0 Å². The summed E-state index contributed by atoms with van der Waals surface area (Å²) in [6.07, 6.45) is 0.735. The third kappa shape index (κ3) is 6.58. The molecule has 0 aromatic heterocycles. The van der Waals surface area contributed by atoms with Gasteiger partial charge in [-0.3, -0.25) is 0 Å². The van der Waals surface area contributed by atoms with Crippen LogP contribution < -0.4 is 10.1 Å². The molecule has 0 aliphatic carbocycles. The first kappa shape index (κ1) is 16.5. The van der Waals surface area contributed by atoms with Gasteiger partial charge in [-0.05, 0) is 50.4 Å². The third-order valence-corrected chi connectivity index (χ3v) is 3.08. The molecule has 1 N–H and O–H groups in total. The van der Waals surface area contributed by atoms with Crippen LogP contribution in [0.15, 0.2) is 24.3 Å². The molecule has 0 saturated carbocycles. The van der Waals surface area contributed by atoms with E-state index in [1.54, 1.807) is 0 Å². The predicted molar refractivity (Wildman–Crippen MR) is 82.5 cm³/mol. The second-order valence-corrected chi connectivity index (χ2v) is 6.27. The molecule has 0 saturated heterocycles. The van der Waals surface area contributed by atoms with Crippen molar-refractivity contribution in [1.82, 2.24) is 5.32 Å². The highest BCUT2D eigenvalue weighted by Gasteiger charge is 2.16. The summed E-state index contributed by atoms with van der Waals surface area (Å²) in [5.74, 6) is 1.53. The molecule has 0 atom stereocenters. The Morgan fingerprint density at radius 3 is 2.75 bits per heavy atom. The van der Waals surface area contributed by atoms with Crippen LogP contribution in [0.2, 0.25) is 0 Å². The summed E-state index contributed by atoms with van der Waals surface area (Å²) in [7, 11) is 0. The van der Waals surface area contributed by atoms with Gasteiger partial charge in [0.05, 0.1) is 18.1 Å². The number of nitrogens with one attached hydrogen (secondary N) is 1. The monoisotopic (exact) mass is 274 g/mol. The highest BCUT2D eigenvalue weighted by molar-refractivity contribution is 5.28. The number of nitrogens with zero attached hydrogens (tertiary/aromatic N) is 1. The summed E-state index contributed by atoms with van der Waals surface area (Å²) in [5, 5.41) is 12.4. The fourth-order valence-corrected chi connectivity index (χ4v) is 1.73. The molecule has 110 valence electrons. The van der Waals surface area contributed by atoms with Crippen molar-refractivity contribution in [2.75, 3.05) is 13.2 Å². The maximum atomic E-state index is 8.96. The smallest absolute Gasteiger partial charge is 0.119 e. The van der Waals surface area contributed by atoms with Crippen LogP contribution in [-0.4, -0.2) is 13.2 Å². The van der Waals surface area contributed by atoms with Crippen LogP contribution in [0.4, 0.5) is 0 Å². The molecular formula is C17H26N2O. The fraction of sp³-hybridized carbons (Fsp3) is 0.588. The Balaban J connectivity index is 2.42. The van der Waals surface area contributed by atoms with Crippen LogP contribution in [0.1, 0.15) is 39.7 Å². The molecule has 1 aromatic rings. The largest absolute Gasteiger partial charge is 0.494 e. The predicted octanol–water partition coefficient (Wildman–Crippen LogP) is 3.75. The second kappa shape index (κ2) is 7.91. The zero-order chi connectivity index (χ0) is 15.0. The van der Waals surface area contributed by atoms with Crippen molar-refractivity contribution in [2.24, 2.45) is 11.3 Å². The Labute approximate surface area is 123 Å². The number of benzene rings is 1. The van der Waals surface area contributed by atoms with Gasteiger partial charge >= 0.3 is 0 Å². The second-order valence-electron chi connectivity index (χ2n) is 6.27. The van der Waals surface area contributed by atoms with Gasteiger partial charge < -0.3 is 10.1 Å². The maximum absolute atomic E-state index is 8.96. The van der Waals surface area contributed by atoms with Crippen molar-refractivity contribution in [3.05, 3.63) is 29.8 Å². The lowest BCUT2D eigenvalue weighted by Gasteiger charge is -2.15. The molecule has 0 spiro atoms. The zero-order valence-electron chi connectivity index (χ0n) is 13.1. The average molecular weight is 274 g/mol. The molecule has 0 aliphatic rings. The minimum absolute atomic E-state index is 0.323.